The molecule has 21 heavy (non-hydrogen) atoms. The Morgan fingerprint density at radius 3 is 2.43 bits per heavy atom. The fourth-order valence-corrected chi connectivity index (χ4v) is 2.35. The molecule has 1 aromatic heterocycles. The fraction of sp³-hybridized carbons (Fsp3) is 0.0588. The molecular weight excluding hydrogens is 266 g/mol. The SMILES string of the molecule is CC(=O)c1ccc2c(O)c(-c3ccccc3)[nH]c(=O)c2c1. The molecule has 2 aromatic carbocycles. The molecule has 104 valence electrons. The average Bonchev–Trinajstić information content (AvgIpc) is 2.51. The van der Waals surface area contributed by atoms with Crippen LogP contribution in [-0.2, 0) is 0 Å². The predicted octanol–water partition coefficient (Wildman–Crippen LogP) is 3.10. The molecule has 0 aliphatic rings. The summed E-state index contributed by atoms with van der Waals surface area (Å²) < 4.78 is 0. The highest BCUT2D eigenvalue weighted by atomic mass is 16.3. The third-order valence-electron chi connectivity index (χ3n) is 3.46. The van der Waals surface area contributed by atoms with Crippen LogP contribution in [0.1, 0.15) is 17.3 Å². The number of rotatable bonds is 2. The summed E-state index contributed by atoms with van der Waals surface area (Å²) in [5, 5.41) is 11.1. The maximum absolute atomic E-state index is 12.2. The highest BCUT2D eigenvalue weighted by Gasteiger charge is 2.13. The fourth-order valence-electron chi connectivity index (χ4n) is 2.35. The summed E-state index contributed by atoms with van der Waals surface area (Å²) >= 11 is 0. The van der Waals surface area contributed by atoms with Crippen LogP contribution in [-0.4, -0.2) is 15.9 Å². The molecular formula is C17H13NO3. The molecule has 3 rings (SSSR count). The Balaban J connectivity index is 2.33. The van der Waals surface area contributed by atoms with Gasteiger partial charge in [-0.3, -0.25) is 9.59 Å². The van der Waals surface area contributed by atoms with E-state index in [1.807, 2.05) is 18.2 Å². The number of fused-ring (bicyclic) bond motifs is 1. The minimum atomic E-state index is -0.329. The second kappa shape index (κ2) is 4.90. The average molecular weight is 279 g/mol. The molecule has 0 bridgehead atoms. The van der Waals surface area contributed by atoms with E-state index < -0.39 is 0 Å². The van der Waals surface area contributed by atoms with E-state index in [0.717, 1.165) is 5.56 Å². The van der Waals surface area contributed by atoms with Crippen molar-refractivity contribution in [3.8, 4) is 17.0 Å². The van der Waals surface area contributed by atoms with Gasteiger partial charge in [0.15, 0.2) is 5.78 Å². The first kappa shape index (κ1) is 13.1. The summed E-state index contributed by atoms with van der Waals surface area (Å²) in [5.74, 6) is -0.117. The Labute approximate surface area is 120 Å². The number of aromatic hydroxyl groups is 1. The summed E-state index contributed by atoms with van der Waals surface area (Å²) in [6, 6.07) is 13.8. The maximum Gasteiger partial charge on any atom is 0.256 e. The second-order valence-corrected chi connectivity index (χ2v) is 4.86. The zero-order chi connectivity index (χ0) is 15.0. The van der Waals surface area contributed by atoms with Gasteiger partial charge in [-0.1, -0.05) is 36.4 Å². The lowest BCUT2D eigenvalue weighted by Crippen LogP contribution is -2.08. The molecule has 0 radical (unpaired) electrons. The topological polar surface area (TPSA) is 70.2 Å². The number of carbonyl (C=O) groups excluding carboxylic acids is 1. The number of Topliss-reactive ketones (excluding diaryl/α,β-unsaturated/α-hetero) is 1. The van der Waals surface area contributed by atoms with Crippen molar-refractivity contribution in [3.63, 3.8) is 0 Å². The monoisotopic (exact) mass is 279 g/mol. The van der Waals surface area contributed by atoms with Crippen LogP contribution in [0.3, 0.4) is 0 Å². The Morgan fingerprint density at radius 2 is 1.76 bits per heavy atom. The molecule has 0 unspecified atom stereocenters. The van der Waals surface area contributed by atoms with Crippen LogP contribution < -0.4 is 5.56 Å². The molecule has 0 aliphatic carbocycles. The molecule has 2 N–H and O–H groups in total. The van der Waals surface area contributed by atoms with Gasteiger partial charge in [0.05, 0.1) is 11.1 Å². The maximum atomic E-state index is 12.2. The van der Waals surface area contributed by atoms with Crippen LogP contribution in [0.15, 0.2) is 53.3 Å². The largest absolute Gasteiger partial charge is 0.505 e. The lowest BCUT2D eigenvalue weighted by molar-refractivity contribution is 0.101. The van der Waals surface area contributed by atoms with Crippen molar-refractivity contribution in [1.29, 1.82) is 0 Å². The van der Waals surface area contributed by atoms with Crippen LogP contribution in [0.4, 0.5) is 0 Å². The van der Waals surface area contributed by atoms with Crippen LogP contribution in [0.25, 0.3) is 22.0 Å². The van der Waals surface area contributed by atoms with Crippen molar-refractivity contribution >= 4 is 16.6 Å². The van der Waals surface area contributed by atoms with Crippen molar-refractivity contribution in [2.75, 3.05) is 0 Å². The lowest BCUT2D eigenvalue weighted by Gasteiger charge is -2.08. The minimum absolute atomic E-state index is 0.00546. The number of hydrogen-bond acceptors (Lipinski definition) is 3. The van der Waals surface area contributed by atoms with E-state index in [4.69, 9.17) is 0 Å². The number of hydrogen-bond donors (Lipinski definition) is 2. The van der Waals surface area contributed by atoms with E-state index in [2.05, 4.69) is 4.98 Å². The first-order valence-corrected chi connectivity index (χ1v) is 6.53. The molecule has 0 spiro atoms. The molecule has 0 saturated carbocycles. The van der Waals surface area contributed by atoms with Gasteiger partial charge in [0, 0.05) is 16.5 Å². The summed E-state index contributed by atoms with van der Waals surface area (Å²) in [6.07, 6.45) is 0. The summed E-state index contributed by atoms with van der Waals surface area (Å²) in [4.78, 5) is 26.3. The summed E-state index contributed by atoms with van der Waals surface area (Å²) in [5.41, 5.74) is 1.22. The van der Waals surface area contributed by atoms with Gasteiger partial charge in [0.1, 0.15) is 5.75 Å². The molecule has 0 aliphatic heterocycles. The van der Waals surface area contributed by atoms with E-state index in [1.165, 1.54) is 13.0 Å². The molecule has 0 amide bonds. The van der Waals surface area contributed by atoms with Gasteiger partial charge in [-0.05, 0) is 19.1 Å². The smallest absolute Gasteiger partial charge is 0.256 e. The van der Waals surface area contributed by atoms with E-state index in [9.17, 15) is 14.7 Å². The van der Waals surface area contributed by atoms with Gasteiger partial charge < -0.3 is 10.1 Å². The zero-order valence-electron chi connectivity index (χ0n) is 11.4. The first-order chi connectivity index (χ1) is 10.1. The van der Waals surface area contributed by atoms with Crippen LogP contribution in [0, 0.1) is 0 Å². The van der Waals surface area contributed by atoms with Gasteiger partial charge in [0.2, 0.25) is 0 Å². The number of carbonyl (C=O) groups is 1. The summed E-state index contributed by atoms with van der Waals surface area (Å²) in [6.45, 7) is 1.44. The van der Waals surface area contributed by atoms with Crippen molar-refractivity contribution in [2.24, 2.45) is 0 Å². The van der Waals surface area contributed by atoms with Crippen LogP contribution in [0.2, 0.25) is 0 Å². The van der Waals surface area contributed by atoms with Crippen molar-refractivity contribution in [1.82, 2.24) is 4.98 Å². The van der Waals surface area contributed by atoms with E-state index in [0.29, 0.717) is 22.0 Å². The Bertz CT molecular complexity index is 895. The Kier molecular flexibility index (Phi) is 3.06. The number of pyridine rings is 1. The highest BCUT2D eigenvalue weighted by Crippen LogP contribution is 2.32. The van der Waals surface area contributed by atoms with Gasteiger partial charge in [-0.25, -0.2) is 0 Å². The van der Waals surface area contributed by atoms with Crippen LogP contribution in [0.5, 0.6) is 5.75 Å². The number of H-pyrrole nitrogens is 1. The molecule has 4 heteroatoms. The number of ketones is 1. The Hall–Kier alpha value is -2.88. The third-order valence-corrected chi connectivity index (χ3v) is 3.46. The quantitative estimate of drug-likeness (QED) is 0.708. The first-order valence-electron chi connectivity index (χ1n) is 6.53. The van der Waals surface area contributed by atoms with Gasteiger partial charge in [-0.15, -0.1) is 0 Å². The highest BCUT2D eigenvalue weighted by molar-refractivity contribution is 6.00. The van der Waals surface area contributed by atoms with Crippen LogP contribution >= 0.6 is 0 Å². The molecule has 1 heterocycles. The van der Waals surface area contributed by atoms with Gasteiger partial charge >= 0.3 is 0 Å². The van der Waals surface area contributed by atoms with Crippen molar-refractivity contribution < 1.29 is 9.90 Å². The predicted molar refractivity (Wildman–Crippen MR) is 81.7 cm³/mol. The van der Waals surface area contributed by atoms with Gasteiger partial charge in [0.25, 0.3) is 5.56 Å². The van der Waals surface area contributed by atoms with E-state index in [-0.39, 0.29) is 17.1 Å². The number of aromatic nitrogens is 1. The molecule has 0 saturated heterocycles. The number of nitrogens with one attached hydrogen (secondary N) is 1. The lowest BCUT2D eigenvalue weighted by atomic mass is 10.0. The molecule has 0 atom stereocenters. The second-order valence-electron chi connectivity index (χ2n) is 4.86. The van der Waals surface area contributed by atoms with Crippen molar-refractivity contribution in [3.05, 3.63) is 64.4 Å². The normalized spacial score (nSPS) is 10.7. The third kappa shape index (κ3) is 2.21. The molecule has 4 nitrogen and oxygen atoms in total. The van der Waals surface area contributed by atoms with Gasteiger partial charge in [-0.2, -0.15) is 0 Å². The molecule has 0 fully saturated rings. The van der Waals surface area contributed by atoms with E-state index in [1.54, 1.807) is 24.3 Å². The number of benzene rings is 2. The van der Waals surface area contributed by atoms with Crippen molar-refractivity contribution in [2.45, 2.75) is 6.92 Å². The standard InChI is InChI=1S/C17H13NO3/c1-10(19)12-7-8-13-14(9-12)17(21)18-15(16(13)20)11-5-3-2-4-6-11/h2-9,20H,1H3,(H,18,21). The van der Waals surface area contributed by atoms with E-state index >= 15 is 0 Å². The molecule has 3 aromatic rings. The number of aromatic amines is 1. The minimum Gasteiger partial charge on any atom is -0.505 e. The summed E-state index contributed by atoms with van der Waals surface area (Å²) in [7, 11) is 0. The Morgan fingerprint density at radius 1 is 1.05 bits per heavy atom. The zero-order valence-corrected chi connectivity index (χ0v) is 11.4.